The Balaban J connectivity index is 1.55. The molecular weight excluding hydrogens is 681 g/mol. The second-order valence-electron chi connectivity index (χ2n) is 15.3. The van der Waals surface area contributed by atoms with Crippen molar-refractivity contribution >= 4 is 29.2 Å². The Morgan fingerprint density at radius 1 is 1.04 bits per heavy atom. The van der Waals surface area contributed by atoms with Crippen LogP contribution < -0.4 is 10.6 Å². The van der Waals surface area contributed by atoms with Crippen molar-refractivity contribution in [2.45, 2.75) is 104 Å². The van der Waals surface area contributed by atoms with Crippen molar-refractivity contribution in [2.75, 3.05) is 26.2 Å². The second kappa shape index (κ2) is 18.6. The van der Waals surface area contributed by atoms with Crippen molar-refractivity contribution in [1.29, 1.82) is 0 Å². The highest BCUT2D eigenvalue weighted by Gasteiger charge is 2.39. The number of aliphatic hydroxyl groups excluding tert-OH is 1. The molecular formula is C39H56N6O6S. The molecule has 284 valence electrons. The molecule has 2 heterocycles. The van der Waals surface area contributed by atoms with E-state index >= 15 is 0 Å². The number of rotatable bonds is 15. The van der Waals surface area contributed by atoms with Gasteiger partial charge in [-0.3, -0.25) is 24.3 Å². The van der Waals surface area contributed by atoms with Crippen molar-refractivity contribution in [2.24, 2.45) is 5.92 Å². The quantitative estimate of drug-likeness (QED) is 0.178. The number of aromatic nitrogens is 1. The second-order valence-corrected chi connectivity index (χ2v) is 16.0. The van der Waals surface area contributed by atoms with E-state index in [0.29, 0.717) is 38.3 Å². The van der Waals surface area contributed by atoms with E-state index in [9.17, 15) is 24.6 Å². The molecule has 0 bridgehead atoms. The normalized spacial score (nSPS) is 17.4. The summed E-state index contributed by atoms with van der Waals surface area (Å²) in [7, 11) is 0. The van der Waals surface area contributed by atoms with Crippen LogP contribution in [0.15, 0.2) is 65.5 Å². The Hall–Kier alpha value is -4.04. The Morgan fingerprint density at radius 3 is 2.37 bits per heavy atom. The Morgan fingerprint density at radius 2 is 1.75 bits per heavy atom. The zero-order valence-corrected chi connectivity index (χ0v) is 32.3. The first-order valence-corrected chi connectivity index (χ1v) is 19.0. The number of amides is 3. The van der Waals surface area contributed by atoms with Gasteiger partial charge in [-0.25, -0.2) is 9.78 Å². The van der Waals surface area contributed by atoms with Crippen LogP contribution in [0.5, 0.6) is 5.75 Å². The molecule has 4 rings (SSSR count). The molecule has 2 aromatic carbocycles. The van der Waals surface area contributed by atoms with Crippen LogP contribution in [0, 0.1) is 5.92 Å². The number of benzene rings is 2. The molecule has 0 radical (unpaired) electrons. The third-order valence-corrected chi connectivity index (χ3v) is 9.63. The molecule has 3 amide bonds. The summed E-state index contributed by atoms with van der Waals surface area (Å²) in [6, 6.07) is 14.2. The number of thiazole rings is 1. The van der Waals surface area contributed by atoms with E-state index in [-0.39, 0.29) is 36.8 Å². The van der Waals surface area contributed by atoms with E-state index in [1.807, 2.05) is 89.8 Å². The number of hydrogen-bond donors (Lipinski definition) is 4. The van der Waals surface area contributed by atoms with Gasteiger partial charge >= 0.3 is 6.09 Å². The highest BCUT2D eigenvalue weighted by atomic mass is 32.1. The lowest BCUT2D eigenvalue weighted by molar-refractivity contribution is -0.133. The zero-order chi connectivity index (χ0) is 38.0. The minimum Gasteiger partial charge on any atom is -0.508 e. The fraction of sp³-hybridized carbons (Fsp3) is 0.538. The molecule has 0 saturated carbocycles. The number of carbonyl (C=O) groups excluding carboxylic acids is 3. The molecule has 3 aromatic rings. The summed E-state index contributed by atoms with van der Waals surface area (Å²) in [6.07, 6.45) is -1.33. The summed E-state index contributed by atoms with van der Waals surface area (Å²) in [5.41, 5.74) is 3.70. The third kappa shape index (κ3) is 12.0. The topological polar surface area (TPSA) is 148 Å². The van der Waals surface area contributed by atoms with Crippen LogP contribution in [0.25, 0.3) is 0 Å². The highest BCUT2D eigenvalue weighted by molar-refractivity contribution is 7.07. The molecule has 13 heteroatoms. The summed E-state index contributed by atoms with van der Waals surface area (Å²) in [5, 5.41) is 30.0. The molecule has 1 aliphatic heterocycles. The van der Waals surface area contributed by atoms with E-state index in [1.165, 1.54) is 16.2 Å². The molecule has 4 atom stereocenters. The fourth-order valence-corrected chi connectivity index (χ4v) is 7.10. The van der Waals surface area contributed by atoms with Gasteiger partial charge in [0.2, 0.25) is 11.8 Å². The van der Waals surface area contributed by atoms with Crippen molar-refractivity contribution in [3.63, 3.8) is 0 Å². The molecule has 0 aliphatic carbocycles. The minimum absolute atomic E-state index is 0.00161. The number of β-amino-alcohol motifs (C(OH)–C–C–N with tert-alkyl or cyclic N) is 1. The number of nitrogens with one attached hydrogen (secondary N) is 2. The van der Waals surface area contributed by atoms with E-state index < -0.39 is 41.8 Å². The molecule has 52 heavy (non-hydrogen) atoms. The van der Waals surface area contributed by atoms with E-state index in [4.69, 9.17) is 4.74 Å². The first kappa shape index (κ1) is 40.7. The molecule has 1 saturated heterocycles. The molecule has 1 aromatic heterocycles. The third-order valence-electron chi connectivity index (χ3n) is 9.00. The van der Waals surface area contributed by atoms with Gasteiger partial charge in [0.05, 0.1) is 23.4 Å². The number of phenols is 1. The van der Waals surface area contributed by atoms with Gasteiger partial charge in [-0.1, -0.05) is 56.3 Å². The lowest BCUT2D eigenvalue weighted by Gasteiger charge is -2.43. The van der Waals surface area contributed by atoms with Crippen LogP contribution in [-0.2, 0) is 33.9 Å². The highest BCUT2D eigenvalue weighted by Crippen LogP contribution is 2.21. The Labute approximate surface area is 312 Å². The average Bonchev–Trinajstić information content (AvgIpc) is 3.59. The van der Waals surface area contributed by atoms with Crippen LogP contribution in [-0.4, -0.2) is 110 Å². The number of aromatic hydroxyl groups is 1. The molecule has 12 nitrogen and oxygen atoms in total. The number of nitrogens with zero attached hydrogens (tertiary/aromatic N) is 4. The number of ether oxygens (including phenoxy) is 1. The van der Waals surface area contributed by atoms with E-state index in [1.54, 1.807) is 29.1 Å². The maximum atomic E-state index is 14.3. The van der Waals surface area contributed by atoms with Crippen LogP contribution >= 0.6 is 11.3 Å². The maximum Gasteiger partial charge on any atom is 0.411 e. The smallest absolute Gasteiger partial charge is 0.411 e. The molecule has 4 unspecified atom stereocenters. The molecule has 0 spiro atoms. The van der Waals surface area contributed by atoms with Crippen LogP contribution in [0.2, 0.25) is 0 Å². The van der Waals surface area contributed by atoms with Gasteiger partial charge in [0, 0.05) is 49.7 Å². The van der Waals surface area contributed by atoms with Crippen molar-refractivity contribution in [3.8, 4) is 5.75 Å². The lowest BCUT2D eigenvalue weighted by atomic mass is 9.96. The van der Waals surface area contributed by atoms with Gasteiger partial charge in [-0.15, -0.1) is 11.3 Å². The standard InChI is InChI=1S/C39H56N6O6S/c1-26(2)35(45(27(3)4)38(50)51-23-30-24-52-25-40-30)37(49)41-32(19-28-12-9-8-10-13-28)34(47)22-44-17-16-43(20-29-14-11-15-31(46)18-29)21-33(44)36(48)42-39(5,6)7/h8-15,18,24-27,32-35,46-47H,16-17,19-23H2,1-7H3,(H,41,49)(H,42,48). The van der Waals surface area contributed by atoms with Gasteiger partial charge in [0.1, 0.15) is 24.4 Å². The largest absolute Gasteiger partial charge is 0.508 e. The lowest BCUT2D eigenvalue weighted by Crippen LogP contribution is -2.63. The first-order chi connectivity index (χ1) is 24.6. The number of carbonyl (C=O) groups is 3. The summed E-state index contributed by atoms with van der Waals surface area (Å²) >= 11 is 1.41. The summed E-state index contributed by atoms with van der Waals surface area (Å²) in [5.74, 6) is -0.620. The summed E-state index contributed by atoms with van der Waals surface area (Å²) in [4.78, 5) is 51.3. The van der Waals surface area contributed by atoms with Gasteiger partial charge < -0.3 is 25.6 Å². The van der Waals surface area contributed by atoms with Crippen LogP contribution in [0.4, 0.5) is 4.79 Å². The monoisotopic (exact) mass is 736 g/mol. The SMILES string of the molecule is CC(C)C(C(=O)NC(Cc1ccccc1)C(O)CN1CCN(Cc2cccc(O)c2)CC1C(=O)NC(C)(C)C)N(C(=O)OCc1cscn1)C(C)C. The number of phenolic OH excluding ortho intramolecular Hbond substituents is 1. The van der Waals surface area contributed by atoms with Crippen molar-refractivity contribution < 1.29 is 29.3 Å². The van der Waals surface area contributed by atoms with E-state index in [0.717, 1.165) is 11.1 Å². The van der Waals surface area contributed by atoms with Gasteiger partial charge in [0.15, 0.2) is 0 Å². The average molecular weight is 737 g/mol. The predicted molar refractivity (Wildman–Crippen MR) is 203 cm³/mol. The van der Waals surface area contributed by atoms with Crippen molar-refractivity contribution in [1.82, 2.24) is 30.3 Å². The van der Waals surface area contributed by atoms with Gasteiger partial charge in [-0.05, 0) is 70.2 Å². The molecule has 4 N–H and O–H groups in total. The summed E-state index contributed by atoms with van der Waals surface area (Å²) in [6.45, 7) is 15.5. The number of aliphatic hydroxyl groups is 1. The minimum atomic E-state index is -1.05. The number of hydrogen-bond acceptors (Lipinski definition) is 10. The zero-order valence-electron chi connectivity index (χ0n) is 31.5. The van der Waals surface area contributed by atoms with Crippen molar-refractivity contribution in [3.05, 3.63) is 82.3 Å². The maximum absolute atomic E-state index is 14.3. The fourth-order valence-electron chi connectivity index (χ4n) is 6.56. The Bertz CT molecular complexity index is 1580. The predicted octanol–water partition coefficient (Wildman–Crippen LogP) is 4.41. The summed E-state index contributed by atoms with van der Waals surface area (Å²) < 4.78 is 5.60. The van der Waals surface area contributed by atoms with E-state index in [2.05, 4.69) is 20.5 Å². The molecule has 1 fully saturated rings. The first-order valence-electron chi connectivity index (χ1n) is 18.0. The Kier molecular flexibility index (Phi) is 14.6. The van der Waals surface area contributed by atoms with Crippen LogP contribution in [0.3, 0.4) is 0 Å². The van der Waals surface area contributed by atoms with Gasteiger partial charge in [0.25, 0.3) is 0 Å². The number of piperazine rings is 1. The van der Waals surface area contributed by atoms with Gasteiger partial charge in [-0.2, -0.15) is 0 Å². The molecule has 1 aliphatic rings. The van der Waals surface area contributed by atoms with Crippen LogP contribution in [0.1, 0.15) is 65.3 Å².